The van der Waals surface area contributed by atoms with Gasteiger partial charge in [-0.15, -0.1) is 11.8 Å². The third-order valence-electron chi connectivity index (χ3n) is 4.55. The smallest absolute Gasteiger partial charge is 0.307 e. The largest absolute Gasteiger partial charge is 0.456 e. The van der Waals surface area contributed by atoms with Crippen molar-refractivity contribution in [3.63, 3.8) is 0 Å². The molecule has 0 aromatic heterocycles. The number of likely N-dealkylation sites (tertiary alicyclic amines) is 1. The molecule has 25 heavy (non-hydrogen) atoms. The molecule has 2 amide bonds. The van der Waals surface area contributed by atoms with Crippen molar-refractivity contribution in [2.45, 2.75) is 36.3 Å². The molecule has 0 aliphatic carbocycles. The van der Waals surface area contributed by atoms with Gasteiger partial charge >= 0.3 is 5.97 Å². The van der Waals surface area contributed by atoms with Gasteiger partial charge in [-0.3, -0.25) is 14.4 Å². The molecule has 134 valence electrons. The van der Waals surface area contributed by atoms with Crippen LogP contribution in [0.3, 0.4) is 0 Å². The van der Waals surface area contributed by atoms with Gasteiger partial charge in [0, 0.05) is 18.0 Å². The molecule has 2 heterocycles. The summed E-state index contributed by atoms with van der Waals surface area (Å²) in [5.74, 6) is -0.259. The van der Waals surface area contributed by atoms with Gasteiger partial charge in [-0.25, -0.2) is 0 Å². The second-order valence-electron chi connectivity index (χ2n) is 6.52. The topological polar surface area (TPSA) is 75.7 Å². The fraction of sp³-hybridized carbons (Fsp3) is 0.500. The quantitative estimate of drug-likeness (QED) is 0.832. The van der Waals surface area contributed by atoms with E-state index in [9.17, 15) is 14.4 Å². The Morgan fingerprint density at radius 1 is 1.28 bits per heavy atom. The Kier molecular flexibility index (Phi) is 5.63. The molecule has 0 radical (unpaired) electrons. The summed E-state index contributed by atoms with van der Waals surface area (Å²) in [5.41, 5.74) is 0.761. The van der Waals surface area contributed by atoms with Crippen LogP contribution in [0.4, 0.5) is 5.69 Å². The standard InChI is InChI=1S/C18H22N2O4S/c1-12-6-8-20(9-7-12)16(21)11-24-17(22)10-15-18(23)19-13-4-2-3-5-14(13)25-15/h2-5,12,15H,6-11H2,1H3,(H,19,23)/t15-/m1/s1. The third kappa shape index (κ3) is 4.54. The van der Waals surface area contributed by atoms with Crippen LogP contribution in [0.25, 0.3) is 0 Å². The zero-order valence-electron chi connectivity index (χ0n) is 14.2. The zero-order valence-corrected chi connectivity index (χ0v) is 15.0. The maximum Gasteiger partial charge on any atom is 0.307 e. The minimum atomic E-state index is -0.534. The summed E-state index contributed by atoms with van der Waals surface area (Å²) < 4.78 is 5.10. The van der Waals surface area contributed by atoms with Crippen molar-refractivity contribution in [2.24, 2.45) is 5.92 Å². The lowest BCUT2D eigenvalue weighted by molar-refractivity contribution is -0.152. The number of amides is 2. The van der Waals surface area contributed by atoms with E-state index in [1.54, 1.807) is 4.90 Å². The Labute approximate surface area is 151 Å². The molecular formula is C18H22N2O4S. The first-order chi connectivity index (χ1) is 12.0. The van der Waals surface area contributed by atoms with E-state index in [2.05, 4.69) is 12.2 Å². The van der Waals surface area contributed by atoms with Gasteiger partial charge in [0.2, 0.25) is 5.91 Å². The van der Waals surface area contributed by atoms with E-state index in [1.165, 1.54) is 11.8 Å². The minimum Gasteiger partial charge on any atom is -0.456 e. The van der Waals surface area contributed by atoms with Gasteiger partial charge in [-0.05, 0) is 30.9 Å². The van der Waals surface area contributed by atoms with Crippen molar-refractivity contribution >= 4 is 35.2 Å². The van der Waals surface area contributed by atoms with E-state index in [-0.39, 0.29) is 24.8 Å². The maximum atomic E-state index is 12.1. The van der Waals surface area contributed by atoms with E-state index in [4.69, 9.17) is 4.74 Å². The second-order valence-corrected chi connectivity index (χ2v) is 7.76. The van der Waals surface area contributed by atoms with Crippen molar-refractivity contribution < 1.29 is 19.1 Å². The van der Waals surface area contributed by atoms with Gasteiger partial charge in [-0.1, -0.05) is 19.1 Å². The third-order valence-corrected chi connectivity index (χ3v) is 5.83. The second kappa shape index (κ2) is 7.91. The van der Waals surface area contributed by atoms with Crippen molar-refractivity contribution in [1.82, 2.24) is 4.90 Å². The van der Waals surface area contributed by atoms with E-state index >= 15 is 0 Å². The number of hydrogen-bond acceptors (Lipinski definition) is 5. The van der Waals surface area contributed by atoms with Gasteiger partial charge in [0.1, 0.15) is 0 Å². The maximum absolute atomic E-state index is 12.1. The predicted octanol–water partition coefficient (Wildman–Crippen LogP) is 2.29. The first-order valence-electron chi connectivity index (χ1n) is 8.53. The number of piperidine rings is 1. The molecule has 0 bridgehead atoms. The number of nitrogens with one attached hydrogen (secondary N) is 1. The highest BCUT2D eigenvalue weighted by atomic mass is 32.2. The fourth-order valence-electron chi connectivity index (χ4n) is 2.93. The van der Waals surface area contributed by atoms with Gasteiger partial charge in [0.05, 0.1) is 17.4 Å². The van der Waals surface area contributed by atoms with Crippen LogP contribution in [-0.4, -0.2) is 47.6 Å². The van der Waals surface area contributed by atoms with Crippen LogP contribution in [0.5, 0.6) is 0 Å². The number of para-hydroxylation sites is 1. The number of esters is 1. The number of carbonyl (C=O) groups excluding carboxylic acids is 3. The summed E-state index contributed by atoms with van der Waals surface area (Å²) in [4.78, 5) is 38.9. The molecule has 7 heteroatoms. The molecule has 1 fully saturated rings. The van der Waals surface area contributed by atoms with E-state index in [1.807, 2.05) is 24.3 Å². The van der Waals surface area contributed by atoms with Crippen LogP contribution in [-0.2, 0) is 19.1 Å². The molecule has 3 rings (SSSR count). The number of ether oxygens (including phenoxy) is 1. The van der Waals surface area contributed by atoms with Crippen LogP contribution in [0.2, 0.25) is 0 Å². The number of hydrogen-bond donors (Lipinski definition) is 1. The first-order valence-corrected chi connectivity index (χ1v) is 9.41. The Hall–Kier alpha value is -2.02. The average molecular weight is 362 g/mol. The lowest BCUT2D eigenvalue weighted by Crippen LogP contribution is -2.40. The number of fused-ring (bicyclic) bond motifs is 1. The molecular weight excluding hydrogens is 340 g/mol. The van der Waals surface area contributed by atoms with Crippen LogP contribution in [0.15, 0.2) is 29.2 Å². The molecule has 2 aliphatic rings. The minimum absolute atomic E-state index is 0.0465. The first kappa shape index (κ1) is 17.8. The summed E-state index contributed by atoms with van der Waals surface area (Å²) in [6.45, 7) is 3.36. The van der Waals surface area contributed by atoms with Crippen LogP contribution in [0, 0.1) is 5.92 Å². The van der Waals surface area contributed by atoms with E-state index < -0.39 is 11.2 Å². The van der Waals surface area contributed by atoms with Crippen molar-refractivity contribution in [2.75, 3.05) is 25.0 Å². The average Bonchev–Trinajstić information content (AvgIpc) is 2.61. The summed E-state index contributed by atoms with van der Waals surface area (Å²) in [7, 11) is 0. The molecule has 6 nitrogen and oxygen atoms in total. The molecule has 1 atom stereocenters. The van der Waals surface area contributed by atoms with Gasteiger partial charge in [-0.2, -0.15) is 0 Å². The van der Waals surface area contributed by atoms with Gasteiger partial charge < -0.3 is 15.0 Å². The highest BCUT2D eigenvalue weighted by Gasteiger charge is 2.30. The molecule has 1 saturated heterocycles. The monoisotopic (exact) mass is 362 g/mol. The zero-order chi connectivity index (χ0) is 17.8. The molecule has 0 spiro atoms. The summed E-state index contributed by atoms with van der Waals surface area (Å²) in [5, 5.41) is 2.26. The number of carbonyl (C=O) groups is 3. The van der Waals surface area contributed by atoms with E-state index in [0.29, 0.717) is 5.92 Å². The van der Waals surface area contributed by atoms with Crippen LogP contribution >= 0.6 is 11.8 Å². The summed E-state index contributed by atoms with van der Waals surface area (Å²) >= 11 is 1.35. The number of anilines is 1. The molecule has 1 aromatic rings. The van der Waals surface area contributed by atoms with Gasteiger partial charge in [0.15, 0.2) is 6.61 Å². The van der Waals surface area contributed by atoms with Crippen LogP contribution < -0.4 is 5.32 Å². The lowest BCUT2D eigenvalue weighted by atomic mass is 9.99. The van der Waals surface area contributed by atoms with Crippen LogP contribution in [0.1, 0.15) is 26.2 Å². The summed E-state index contributed by atoms with van der Waals surface area (Å²) in [6.07, 6.45) is 1.92. The Morgan fingerprint density at radius 3 is 2.76 bits per heavy atom. The molecule has 0 unspecified atom stereocenters. The highest BCUT2D eigenvalue weighted by molar-refractivity contribution is 8.01. The van der Waals surface area contributed by atoms with Crippen molar-refractivity contribution in [3.8, 4) is 0 Å². The lowest BCUT2D eigenvalue weighted by Gasteiger charge is -2.30. The number of nitrogens with zero attached hydrogens (tertiary/aromatic N) is 1. The SMILES string of the molecule is CC1CCN(C(=O)COC(=O)C[C@H]2Sc3ccccc3NC2=O)CC1. The Bertz CT molecular complexity index is 671. The van der Waals surface area contributed by atoms with Crippen molar-refractivity contribution in [1.29, 1.82) is 0 Å². The molecule has 1 N–H and O–H groups in total. The number of benzene rings is 1. The number of rotatable bonds is 4. The van der Waals surface area contributed by atoms with Crippen molar-refractivity contribution in [3.05, 3.63) is 24.3 Å². The summed E-state index contributed by atoms with van der Waals surface area (Å²) in [6, 6.07) is 7.46. The Balaban J connectivity index is 1.46. The highest BCUT2D eigenvalue weighted by Crippen LogP contribution is 2.36. The molecule has 1 aromatic carbocycles. The Morgan fingerprint density at radius 2 is 2.00 bits per heavy atom. The normalized spacial score (nSPS) is 20.6. The fourth-order valence-corrected chi connectivity index (χ4v) is 4.02. The predicted molar refractivity (Wildman–Crippen MR) is 95.3 cm³/mol. The molecule has 0 saturated carbocycles. The number of thioether (sulfide) groups is 1. The van der Waals surface area contributed by atoms with E-state index in [0.717, 1.165) is 36.5 Å². The van der Waals surface area contributed by atoms with Gasteiger partial charge in [0.25, 0.3) is 5.91 Å². The molecule has 2 aliphatic heterocycles.